The largest absolute Gasteiger partial charge is 0.357 e. The molecule has 1 aromatic rings. The molecule has 7 nitrogen and oxygen atoms in total. The third-order valence-corrected chi connectivity index (χ3v) is 4.50. The molecule has 0 saturated carbocycles. The van der Waals surface area contributed by atoms with Crippen molar-refractivity contribution < 1.29 is 4.79 Å². The number of aliphatic imine (C=N–C) groups is 1. The number of hydrogen-bond acceptors (Lipinski definition) is 3. The lowest BCUT2D eigenvalue weighted by Gasteiger charge is -2.15. The Bertz CT molecular complexity index is 592. The zero-order valence-corrected chi connectivity index (χ0v) is 18.1. The Hall–Kier alpha value is -1.32. The van der Waals surface area contributed by atoms with E-state index in [1.165, 1.54) is 11.3 Å². The van der Waals surface area contributed by atoms with Crippen LogP contribution in [-0.4, -0.2) is 59.3 Å². The third kappa shape index (κ3) is 6.16. The second kappa shape index (κ2) is 10.6. The van der Waals surface area contributed by atoms with E-state index < -0.39 is 0 Å². The molecule has 0 bridgehead atoms. The fourth-order valence-corrected chi connectivity index (χ4v) is 3.04. The maximum Gasteiger partial charge on any atom is 0.244 e. The lowest BCUT2D eigenvalue weighted by atomic mass is 10.1. The quantitative estimate of drug-likeness (QED) is 0.381. The molecule has 142 valence electrons. The van der Waals surface area contributed by atoms with Crippen LogP contribution in [0, 0.1) is 13.8 Å². The van der Waals surface area contributed by atoms with Gasteiger partial charge in [0.1, 0.15) is 6.54 Å². The van der Waals surface area contributed by atoms with Gasteiger partial charge in [0.25, 0.3) is 0 Å². The zero-order chi connectivity index (χ0) is 17.5. The first-order valence-corrected chi connectivity index (χ1v) is 8.82. The summed E-state index contributed by atoms with van der Waals surface area (Å²) in [6, 6.07) is 0. The van der Waals surface area contributed by atoms with Crippen LogP contribution in [0.4, 0.5) is 0 Å². The molecular weight excluding hydrogens is 431 g/mol. The summed E-state index contributed by atoms with van der Waals surface area (Å²) in [6.45, 7) is 9.64. The van der Waals surface area contributed by atoms with Crippen LogP contribution in [0.5, 0.6) is 0 Å². The van der Waals surface area contributed by atoms with Crippen molar-refractivity contribution in [2.75, 3.05) is 32.7 Å². The van der Waals surface area contributed by atoms with E-state index in [0.717, 1.165) is 51.1 Å². The summed E-state index contributed by atoms with van der Waals surface area (Å²) in [5, 5.41) is 10.9. The maximum absolute atomic E-state index is 12.1. The van der Waals surface area contributed by atoms with Crippen LogP contribution in [0.25, 0.3) is 0 Å². The Morgan fingerprint density at radius 2 is 1.92 bits per heavy atom. The third-order valence-electron chi connectivity index (χ3n) is 4.50. The van der Waals surface area contributed by atoms with Crippen molar-refractivity contribution in [1.29, 1.82) is 0 Å². The molecule has 0 aromatic carbocycles. The number of hydrogen-bond donors (Lipinski definition) is 2. The highest BCUT2D eigenvalue weighted by Gasteiger charge is 2.17. The van der Waals surface area contributed by atoms with Crippen LogP contribution in [-0.2, 0) is 18.3 Å². The number of carbonyl (C=O) groups excluding carboxylic acids is 1. The van der Waals surface area contributed by atoms with Gasteiger partial charge in [0, 0.05) is 38.9 Å². The predicted octanol–water partition coefficient (Wildman–Crippen LogP) is 1.37. The molecule has 1 aromatic heterocycles. The molecule has 1 saturated heterocycles. The smallest absolute Gasteiger partial charge is 0.244 e. The number of aryl methyl sites for hydroxylation is 2. The number of nitrogens with one attached hydrogen (secondary N) is 2. The van der Waals surface area contributed by atoms with E-state index in [1.807, 2.05) is 30.5 Å². The van der Waals surface area contributed by atoms with Crippen LogP contribution in [0.1, 0.15) is 36.7 Å². The highest BCUT2D eigenvalue weighted by Crippen LogP contribution is 2.11. The van der Waals surface area contributed by atoms with E-state index in [9.17, 15) is 4.79 Å². The van der Waals surface area contributed by atoms with Crippen LogP contribution in [0.3, 0.4) is 0 Å². The zero-order valence-electron chi connectivity index (χ0n) is 15.8. The number of carbonyl (C=O) groups is 1. The van der Waals surface area contributed by atoms with Gasteiger partial charge in [-0.25, -0.2) is 4.99 Å². The van der Waals surface area contributed by atoms with Crippen molar-refractivity contribution >= 4 is 35.8 Å². The van der Waals surface area contributed by atoms with E-state index in [0.29, 0.717) is 5.96 Å². The van der Waals surface area contributed by atoms with E-state index in [4.69, 9.17) is 0 Å². The SMILES string of the molecule is CCNC(=NCC(=O)N1CCCC1)NCCc1c(C)nn(C)c1C.I. The molecule has 2 N–H and O–H groups in total. The van der Waals surface area contributed by atoms with Gasteiger partial charge in [0.2, 0.25) is 5.91 Å². The normalized spacial score (nSPS) is 14.4. The number of halogens is 1. The van der Waals surface area contributed by atoms with E-state index in [-0.39, 0.29) is 36.4 Å². The minimum absolute atomic E-state index is 0. The van der Waals surface area contributed by atoms with Crippen molar-refractivity contribution in [3.8, 4) is 0 Å². The Balaban J connectivity index is 0.00000312. The van der Waals surface area contributed by atoms with Crippen LogP contribution < -0.4 is 10.6 Å². The number of guanidine groups is 1. The second-order valence-corrected chi connectivity index (χ2v) is 6.23. The number of amides is 1. The topological polar surface area (TPSA) is 74.6 Å². The minimum Gasteiger partial charge on any atom is -0.357 e. The van der Waals surface area contributed by atoms with Crippen molar-refractivity contribution in [2.45, 2.75) is 40.0 Å². The van der Waals surface area contributed by atoms with E-state index in [1.54, 1.807) is 0 Å². The molecule has 0 spiro atoms. The van der Waals surface area contributed by atoms with Crippen LogP contribution in [0.2, 0.25) is 0 Å². The molecular formula is C17H31IN6O. The van der Waals surface area contributed by atoms with Crippen molar-refractivity contribution in [2.24, 2.45) is 12.0 Å². The molecule has 0 radical (unpaired) electrons. The highest BCUT2D eigenvalue weighted by molar-refractivity contribution is 14.0. The van der Waals surface area contributed by atoms with E-state index >= 15 is 0 Å². The van der Waals surface area contributed by atoms with Crippen molar-refractivity contribution in [1.82, 2.24) is 25.3 Å². The second-order valence-electron chi connectivity index (χ2n) is 6.23. The summed E-state index contributed by atoms with van der Waals surface area (Å²) in [4.78, 5) is 18.4. The Morgan fingerprint density at radius 1 is 1.24 bits per heavy atom. The summed E-state index contributed by atoms with van der Waals surface area (Å²) in [5.41, 5.74) is 3.54. The Kier molecular flexibility index (Phi) is 9.23. The fraction of sp³-hybridized carbons (Fsp3) is 0.706. The summed E-state index contributed by atoms with van der Waals surface area (Å²) in [5.74, 6) is 0.813. The lowest BCUT2D eigenvalue weighted by molar-refractivity contribution is -0.128. The molecule has 1 amide bonds. The van der Waals surface area contributed by atoms with Gasteiger partial charge in [-0.15, -0.1) is 24.0 Å². The van der Waals surface area contributed by atoms with Gasteiger partial charge in [-0.3, -0.25) is 9.48 Å². The monoisotopic (exact) mass is 462 g/mol. The molecule has 0 unspecified atom stereocenters. The average Bonchev–Trinajstić information content (AvgIpc) is 3.16. The van der Waals surface area contributed by atoms with E-state index in [2.05, 4.69) is 27.6 Å². The number of rotatable bonds is 6. The van der Waals surface area contributed by atoms with Gasteiger partial charge in [-0.05, 0) is 45.6 Å². The maximum atomic E-state index is 12.1. The first-order valence-electron chi connectivity index (χ1n) is 8.82. The first-order chi connectivity index (χ1) is 11.5. The standard InChI is InChI=1S/C17H30N6O.HI/c1-5-18-17(20-12-16(24)23-10-6-7-11-23)19-9-8-15-13(2)21-22(4)14(15)3;/h5-12H2,1-4H3,(H2,18,19,20);1H. The van der Waals surface area contributed by atoms with Crippen molar-refractivity contribution in [3.05, 3.63) is 17.0 Å². The summed E-state index contributed by atoms with van der Waals surface area (Å²) in [6.07, 6.45) is 3.10. The highest BCUT2D eigenvalue weighted by atomic mass is 127. The molecule has 8 heteroatoms. The van der Waals surface area contributed by atoms with Gasteiger partial charge in [-0.1, -0.05) is 0 Å². The molecule has 0 atom stereocenters. The average molecular weight is 462 g/mol. The molecule has 25 heavy (non-hydrogen) atoms. The van der Waals surface area contributed by atoms with Gasteiger partial charge < -0.3 is 15.5 Å². The van der Waals surface area contributed by atoms with Crippen molar-refractivity contribution in [3.63, 3.8) is 0 Å². The fourth-order valence-electron chi connectivity index (χ4n) is 3.04. The molecule has 1 fully saturated rings. The Morgan fingerprint density at radius 3 is 2.48 bits per heavy atom. The van der Waals surface area contributed by atoms with Gasteiger partial charge in [0.05, 0.1) is 5.69 Å². The summed E-state index contributed by atoms with van der Waals surface area (Å²) in [7, 11) is 1.97. The molecule has 2 rings (SSSR count). The number of aromatic nitrogens is 2. The van der Waals surface area contributed by atoms with Gasteiger partial charge in [-0.2, -0.15) is 5.10 Å². The Labute approximate surface area is 167 Å². The first kappa shape index (κ1) is 21.7. The molecule has 2 heterocycles. The minimum atomic E-state index is 0. The molecule has 1 aliphatic heterocycles. The number of nitrogens with zero attached hydrogens (tertiary/aromatic N) is 4. The summed E-state index contributed by atoms with van der Waals surface area (Å²) >= 11 is 0. The number of likely N-dealkylation sites (tertiary alicyclic amines) is 1. The molecule has 0 aliphatic carbocycles. The lowest BCUT2D eigenvalue weighted by Crippen LogP contribution is -2.39. The van der Waals surface area contributed by atoms with Gasteiger partial charge >= 0.3 is 0 Å². The van der Waals surface area contributed by atoms with Crippen LogP contribution >= 0.6 is 24.0 Å². The molecule has 1 aliphatic rings. The predicted molar refractivity (Wildman–Crippen MR) is 112 cm³/mol. The van der Waals surface area contributed by atoms with Gasteiger partial charge in [0.15, 0.2) is 5.96 Å². The van der Waals surface area contributed by atoms with Crippen LogP contribution in [0.15, 0.2) is 4.99 Å². The summed E-state index contributed by atoms with van der Waals surface area (Å²) < 4.78 is 1.92.